The number of benzene rings is 5. The summed E-state index contributed by atoms with van der Waals surface area (Å²) in [6.07, 6.45) is 0.545. The Hall–Kier alpha value is -5.83. The number of amides is 3. The lowest BCUT2D eigenvalue weighted by molar-refractivity contribution is -0.180. The summed E-state index contributed by atoms with van der Waals surface area (Å²) in [7, 11) is 0. The average Bonchev–Trinajstić information content (AvgIpc) is 3.72. The van der Waals surface area contributed by atoms with Gasteiger partial charge in [0.2, 0.25) is 5.91 Å². The van der Waals surface area contributed by atoms with Crippen LogP contribution in [0.2, 0.25) is 0 Å². The predicted molar refractivity (Wildman–Crippen MR) is 228 cm³/mol. The second-order valence-electron chi connectivity index (χ2n) is 14.7. The van der Waals surface area contributed by atoms with Crippen molar-refractivity contribution in [2.24, 2.45) is 5.92 Å². The van der Waals surface area contributed by atoms with Gasteiger partial charge in [0, 0.05) is 3.57 Å². The number of urea groups is 1. The number of rotatable bonds is 11. The molecule has 0 saturated carbocycles. The zero-order valence-electron chi connectivity index (χ0n) is 32.1. The minimum absolute atomic E-state index is 0.00462. The second-order valence-corrected chi connectivity index (χ2v) is 16.0. The Labute approximate surface area is 355 Å². The molecule has 12 heteroatoms. The number of imide groups is 1. The number of nitrogens with zero attached hydrogens (tertiary/aromatic N) is 2. The van der Waals surface area contributed by atoms with Crippen molar-refractivity contribution >= 4 is 52.2 Å². The number of esters is 2. The first-order valence-corrected chi connectivity index (χ1v) is 20.5. The number of cyclic esters (lactones) is 1. The van der Waals surface area contributed by atoms with E-state index < -0.39 is 65.5 Å². The maximum absolute atomic E-state index is 16.1. The Balaban J connectivity index is 1.42. The first kappa shape index (κ1) is 40.0. The van der Waals surface area contributed by atoms with Crippen LogP contribution in [0.3, 0.4) is 0 Å². The van der Waals surface area contributed by atoms with Crippen LogP contribution in [0.5, 0.6) is 5.75 Å². The van der Waals surface area contributed by atoms with E-state index in [1.807, 2.05) is 115 Å². The van der Waals surface area contributed by atoms with Gasteiger partial charge in [-0.05, 0) is 87.7 Å². The number of hydrogen-bond donors (Lipinski definition) is 2. The van der Waals surface area contributed by atoms with Crippen LogP contribution in [-0.2, 0) is 29.3 Å². The van der Waals surface area contributed by atoms with Gasteiger partial charge in [0.05, 0.1) is 30.4 Å². The number of morpholine rings is 1. The highest BCUT2D eigenvalue weighted by Gasteiger charge is 2.76. The molecular formula is C47H42IN3O8. The first-order chi connectivity index (χ1) is 28.7. The Morgan fingerprint density at radius 1 is 0.881 bits per heavy atom. The number of aliphatic hydroxyl groups excluding tert-OH is 1. The minimum atomic E-state index is -1.94. The van der Waals surface area contributed by atoms with Crippen molar-refractivity contribution in [1.29, 1.82) is 0 Å². The zero-order valence-corrected chi connectivity index (χ0v) is 34.3. The van der Waals surface area contributed by atoms with Crippen molar-refractivity contribution in [3.63, 3.8) is 0 Å². The average molecular weight is 904 g/mol. The molecule has 2 fully saturated rings. The number of aliphatic hydroxyl groups is 1. The van der Waals surface area contributed by atoms with E-state index in [9.17, 15) is 14.7 Å². The summed E-state index contributed by atoms with van der Waals surface area (Å²) in [6, 6.07) is 36.3. The molecule has 0 bridgehead atoms. The number of ether oxygens (including phenoxy) is 3. The van der Waals surface area contributed by atoms with Gasteiger partial charge >= 0.3 is 18.0 Å². The largest absolute Gasteiger partial charge is 0.491 e. The number of anilines is 1. The number of nitrogens with one attached hydrogen (secondary N) is 1. The van der Waals surface area contributed by atoms with Crippen molar-refractivity contribution in [3.8, 4) is 5.75 Å². The summed E-state index contributed by atoms with van der Waals surface area (Å²) in [6.45, 7) is 5.15. The third-order valence-corrected chi connectivity index (χ3v) is 12.1. The summed E-state index contributed by atoms with van der Waals surface area (Å²) in [5, 5.41) is 12.7. The predicted octanol–water partition coefficient (Wildman–Crippen LogP) is 7.53. The van der Waals surface area contributed by atoms with Gasteiger partial charge in [-0.25, -0.2) is 9.69 Å². The van der Waals surface area contributed by atoms with E-state index >= 15 is 9.59 Å². The normalized spacial score (nSPS) is 23.8. The SMILES string of the molecule is C=CCOC(=O)C1C2C(=O)OC(c3ccccc3)C(c3ccccc3)N2C(c2cccc(OCCO)c2)C12C(=O)N(C(=O)NC(C)c1ccccc1)c1ccc(I)cc12. The van der Waals surface area contributed by atoms with Crippen LogP contribution in [-0.4, -0.2) is 59.7 Å². The second kappa shape index (κ2) is 16.8. The molecule has 3 aliphatic rings. The van der Waals surface area contributed by atoms with Crippen molar-refractivity contribution in [3.05, 3.63) is 178 Å². The van der Waals surface area contributed by atoms with Crippen LogP contribution in [0.4, 0.5) is 10.5 Å². The lowest BCUT2D eigenvalue weighted by Crippen LogP contribution is -2.54. The molecule has 0 radical (unpaired) electrons. The highest BCUT2D eigenvalue weighted by molar-refractivity contribution is 14.1. The monoisotopic (exact) mass is 903 g/mol. The smallest absolute Gasteiger partial charge is 0.329 e. The van der Waals surface area contributed by atoms with Crippen molar-refractivity contribution in [1.82, 2.24) is 10.2 Å². The van der Waals surface area contributed by atoms with Crippen LogP contribution < -0.4 is 15.0 Å². The Bertz CT molecular complexity index is 2380. The summed E-state index contributed by atoms with van der Waals surface area (Å²) in [5.41, 5.74) is 1.55. The molecular weight excluding hydrogens is 861 g/mol. The molecule has 2 N–H and O–H groups in total. The molecule has 0 aliphatic carbocycles. The van der Waals surface area contributed by atoms with Crippen LogP contribution in [0.25, 0.3) is 0 Å². The number of hydrogen-bond acceptors (Lipinski definition) is 9. The van der Waals surface area contributed by atoms with E-state index in [1.54, 1.807) is 30.3 Å². The Morgan fingerprint density at radius 3 is 2.22 bits per heavy atom. The molecule has 59 heavy (non-hydrogen) atoms. The standard InChI is InChI=1S/C47H42IN3O8/c1-3-25-58-43(53)38-40-44(54)59-41(32-18-11-6-12-19-32)39(31-16-9-5-10-17-31)51(40)42(33-20-13-21-35(27-33)57-26-24-52)47(38)36-28-34(48)22-23-37(36)50(45(47)55)46(56)49-29(2)30-14-7-4-8-15-30/h3-23,27-29,38-42,52H,1,24-26H2,2H3,(H,49,56). The molecule has 7 unspecified atom stereocenters. The molecule has 3 amide bonds. The summed E-state index contributed by atoms with van der Waals surface area (Å²) < 4.78 is 19.0. The van der Waals surface area contributed by atoms with E-state index in [2.05, 4.69) is 34.5 Å². The number of fused-ring (bicyclic) bond motifs is 3. The van der Waals surface area contributed by atoms with E-state index in [4.69, 9.17) is 14.2 Å². The van der Waals surface area contributed by atoms with Crippen molar-refractivity contribution in [2.75, 3.05) is 24.7 Å². The first-order valence-electron chi connectivity index (χ1n) is 19.4. The maximum atomic E-state index is 16.1. The van der Waals surface area contributed by atoms with Gasteiger partial charge in [0.15, 0.2) is 0 Å². The highest BCUT2D eigenvalue weighted by atomic mass is 127. The maximum Gasteiger partial charge on any atom is 0.329 e. The molecule has 11 nitrogen and oxygen atoms in total. The fourth-order valence-electron chi connectivity index (χ4n) is 9.09. The zero-order chi connectivity index (χ0) is 41.3. The van der Waals surface area contributed by atoms with Gasteiger partial charge in [0.1, 0.15) is 42.4 Å². The molecule has 5 aromatic carbocycles. The lowest BCUT2D eigenvalue weighted by Gasteiger charge is -2.46. The van der Waals surface area contributed by atoms with Gasteiger partial charge in [0.25, 0.3) is 0 Å². The van der Waals surface area contributed by atoms with E-state index in [0.717, 1.165) is 19.6 Å². The van der Waals surface area contributed by atoms with Crippen molar-refractivity contribution in [2.45, 2.75) is 42.6 Å². The summed E-state index contributed by atoms with van der Waals surface area (Å²) in [4.78, 5) is 63.9. The molecule has 3 heterocycles. The van der Waals surface area contributed by atoms with Crippen molar-refractivity contribution < 1.29 is 38.5 Å². The van der Waals surface area contributed by atoms with Crippen LogP contribution >= 0.6 is 22.6 Å². The topological polar surface area (TPSA) is 135 Å². The molecule has 8 rings (SSSR count). The minimum Gasteiger partial charge on any atom is -0.491 e. The van der Waals surface area contributed by atoms with Crippen LogP contribution in [0.15, 0.2) is 146 Å². The van der Waals surface area contributed by atoms with Crippen LogP contribution in [0.1, 0.15) is 59.0 Å². The Morgan fingerprint density at radius 2 is 1.54 bits per heavy atom. The molecule has 300 valence electrons. The molecule has 3 aliphatic heterocycles. The quantitative estimate of drug-likeness (QED) is 0.0784. The molecule has 1 spiro atoms. The highest BCUT2D eigenvalue weighted by Crippen LogP contribution is 2.66. The summed E-state index contributed by atoms with van der Waals surface area (Å²) in [5.74, 6) is -3.36. The van der Waals surface area contributed by atoms with Gasteiger partial charge in [-0.15, -0.1) is 0 Å². The Kier molecular flexibility index (Phi) is 11.4. The van der Waals surface area contributed by atoms with Crippen LogP contribution in [0, 0.1) is 9.49 Å². The number of carbonyl (C=O) groups excluding carboxylic acids is 4. The van der Waals surface area contributed by atoms with E-state index in [-0.39, 0.29) is 25.5 Å². The third kappa shape index (κ3) is 6.98. The molecule has 0 aromatic heterocycles. The van der Waals surface area contributed by atoms with E-state index in [1.165, 1.54) is 6.08 Å². The fraction of sp³-hybridized carbons (Fsp3) is 0.234. The summed E-state index contributed by atoms with van der Waals surface area (Å²) >= 11 is 2.15. The fourth-order valence-corrected chi connectivity index (χ4v) is 9.58. The molecule has 7 atom stereocenters. The third-order valence-electron chi connectivity index (χ3n) is 11.4. The van der Waals surface area contributed by atoms with Gasteiger partial charge in [-0.2, -0.15) is 0 Å². The van der Waals surface area contributed by atoms with Gasteiger partial charge in [-0.3, -0.25) is 19.3 Å². The van der Waals surface area contributed by atoms with Gasteiger partial charge < -0.3 is 24.6 Å². The number of halogens is 1. The van der Waals surface area contributed by atoms with Gasteiger partial charge in [-0.1, -0.05) is 116 Å². The van der Waals surface area contributed by atoms with E-state index in [0.29, 0.717) is 22.4 Å². The molecule has 2 saturated heterocycles. The lowest BCUT2D eigenvalue weighted by atomic mass is 9.65. The number of carbonyl (C=O) groups is 4. The molecule has 5 aromatic rings.